The van der Waals surface area contributed by atoms with E-state index in [9.17, 15) is 14.9 Å². The number of carbonyl (C=O) groups is 1. The number of non-ortho nitro benzene ring substituents is 1. The van der Waals surface area contributed by atoms with Crippen LogP contribution >= 0.6 is 11.6 Å². The molecule has 33 heavy (non-hydrogen) atoms. The topological polar surface area (TPSA) is 105 Å². The van der Waals surface area contributed by atoms with Crippen molar-refractivity contribution < 1.29 is 14.1 Å². The van der Waals surface area contributed by atoms with Gasteiger partial charge in [0.1, 0.15) is 6.26 Å². The molecule has 2 heterocycles. The first-order chi connectivity index (χ1) is 15.9. The number of amides is 1. The smallest absolute Gasteiger partial charge is 0.277 e. The highest BCUT2D eigenvalue weighted by Gasteiger charge is 2.20. The molecule has 10 heteroatoms. The Balaban J connectivity index is 1.25. The molecule has 1 aliphatic heterocycles. The number of benzene rings is 2. The second kappa shape index (κ2) is 10.1. The van der Waals surface area contributed by atoms with Crippen LogP contribution in [0.1, 0.15) is 27.5 Å². The van der Waals surface area contributed by atoms with Crippen LogP contribution < -0.4 is 5.32 Å². The number of nitro groups is 1. The van der Waals surface area contributed by atoms with Crippen molar-refractivity contribution in [1.29, 1.82) is 0 Å². The van der Waals surface area contributed by atoms with Crippen molar-refractivity contribution in [1.82, 2.24) is 14.8 Å². The zero-order valence-electron chi connectivity index (χ0n) is 18.2. The SMILES string of the molecule is Cc1ccc(NC(=O)c2coc(CN3CCN(Cc4ccc([N+](=O)[O-])cc4)CC3)n2)cc1Cl. The molecule has 172 valence electrons. The average Bonchev–Trinajstić information content (AvgIpc) is 3.27. The Labute approximate surface area is 196 Å². The summed E-state index contributed by atoms with van der Waals surface area (Å²) in [6, 6.07) is 12.0. The third-order valence-corrected chi connectivity index (χ3v) is 6.00. The van der Waals surface area contributed by atoms with E-state index in [-0.39, 0.29) is 17.3 Å². The van der Waals surface area contributed by atoms with Crippen molar-refractivity contribution in [2.75, 3.05) is 31.5 Å². The summed E-state index contributed by atoms with van der Waals surface area (Å²) in [6.45, 7) is 6.55. The standard InChI is InChI=1S/C23H24ClN5O4/c1-16-2-5-18(12-20(16)24)25-23(30)21-15-33-22(26-21)14-28-10-8-27(9-11-28)13-17-3-6-19(7-4-17)29(31)32/h2-7,12,15H,8-11,13-14H2,1H3,(H,25,30). The fourth-order valence-electron chi connectivity index (χ4n) is 3.63. The molecule has 0 bridgehead atoms. The molecular formula is C23H24ClN5O4. The van der Waals surface area contributed by atoms with E-state index in [1.165, 1.54) is 18.4 Å². The third-order valence-electron chi connectivity index (χ3n) is 5.59. The highest BCUT2D eigenvalue weighted by molar-refractivity contribution is 6.31. The highest BCUT2D eigenvalue weighted by Crippen LogP contribution is 2.21. The van der Waals surface area contributed by atoms with Gasteiger partial charge in [0.25, 0.3) is 11.6 Å². The maximum absolute atomic E-state index is 12.5. The van der Waals surface area contributed by atoms with Gasteiger partial charge in [-0.15, -0.1) is 0 Å². The van der Waals surface area contributed by atoms with Crippen LogP contribution in [-0.2, 0) is 13.1 Å². The molecule has 1 N–H and O–H groups in total. The Kier molecular flexibility index (Phi) is 7.02. The Bertz CT molecular complexity index is 1140. The first-order valence-electron chi connectivity index (χ1n) is 10.6. The number of hydrogen-bond donors (Lipinski definition) is 1. The van der Waals surface area contributed by atoms with E-state index in [2.05, 4.69) is 20.1 Å². The maximum atomic E-state index is 12.5. The van der Waals surface area contributed by atoms with E-state index < -0.39 is 4.92 Å². The van der Waals surface area contributed by atoms with Crippen molar-refractivity contribution in [3.63, 3.8) is 0 Å². The minimum Gasteiger partial charge on any atom is -0.447 e. The molecule has 0 saturated carbocycles. The van der Waals surface area contributed by atoms with E-state index in [0.717, 1.165) is 43.9 Å². The molecule has 0 spiro atoms. The monoisotopic (exact) mass is 469 g/mol. The molecule has 1 aliphatic rings. The molecule has 0 unspecified atom stereocenters. The molecule has 1 fully saturated rings. The summed E-state index contributed by atoms with van der Waals surface area (Å²) in [6.07, 6.45) is 1.37. The van der Waals surface area contributed by atoms with Crippen molar-refractivity contribution in [3.05, 3.63) is 86.6 Å². The maximum Gasteiger partial charge on any atom is 0.277 e. The minimum absolute atomic E-state index is 0.102. The largest absolute Gasteiger partial charge is 0.447 e. The summed E-state index contributed by atoms with van der Waals surface area (Å²) in [4.78, 5) is 31.7. The first kappa shape index (κ1) is 22.9. The lowest BCUT2D eigenvalue weighted by Crippen LogP contribution is -2.45. The van der Waals surface area contributed by atoms with Crippen LogP contribution in [0.3, 0.4) is 0 Å². The second-order valence-electron chi connectivity index (χ2n) is 8.02. The van der Waals surface area contributed by atoms with Crippen LogP contribution in [0.25, 0.3) is 0 Å². The van der Waals surface area contributed by atoms with E-state index in [0.29, 0.717) is 23.1 Å². The zero-order chi connectivity index (χ0) is 23.4. The van der Waals surface area contributed by atoms with E-state index in [1.54, 1.807) is 24.3 Å². The number of hydrogen-bond acceptors (Lipinski definition) is 7. The number of anilines is 1. The van der Waals surface area contributed by atoms with Crippen LogP contribution in [0.4, 0.5) is 11.4 Å². The van der Waals surface area contributed by atoms with E-state index >= 15 is 0 Å². The van der Waals surface area contributed by atoms with Crippen LogP contribution in [0.15, 0.2) is 53.1 Å². The quantitative estimate of drug-likeness (QED) is 0.410. The number of aryl methyl sites for hydroxylation is 1. The molecule has 3 aromatic rings. The second-order valence-corrected chi connectivity index (χ2v) is 8.43. The summed E-state index contributed by atoms with van der Waals surface area (Å²) in [5.74, 6) is 0.142. The van der Waals surface area contributed by atoms with E-state index in [4.69, 9.17) is 16.0 Å². The number of nitrogens with one attached hydrogen (secondary N) is 1. The normalized spacial score (nSPS) is 14.8. The lowest BCUT2D eigenvalue weighted by atomic mass is 10.2. The molecule has 1 amide bonds. The van der Waals surface area contributed by atoms with Crippen molar-refractivity contribution in [2.45, 2.75) is 20.0 Å². The van der Waals surface area contributed by atoms with Crippen molar-refractivity contribution in [2.24, 2.45) is 0 Å². The van der Waals surface area contributed by atoms with Gasteiger partial charge in [0, 0.05) is 55.6 Å². The molecule has 1 aromatic heterocycles. The Morgan fingerprint density at radius 1 is 1.12 bits per heavy atom. The van der Waals surface area contributed by atoms with Gasteiger partial charge in [0.2, 0.25) is 5.89 Å². The van der Waals surface area contributed by atoms with Gasteiger partial charge in [-0.2, -0.15) is 0 Å². The average molecular weight is 470 g/mol. The number of piperazine rings is 1. The van der Waals surface area contributed by atoms with Gasteiger partial charge in [0.15, 0.2) is 5.69 Å². The summed E-state index contributed by atoms with van der Waals surface area (Å²) in [5, 5.41) is 14.1. The highest BCUT2D eigenvalue weighted by atomic mass is 35.5. The number of nitro benzene ring substituents is 1. The van der Waals surface area contributed by atoms with E-state index in [1.807, 2.05) is 13.0 Å². The summed E-state index contributed by atoms with van der Waals surface area (Å²) >= 11 is 6.11. The number of carbonyl (C=O) groups excluding carboxylic acids is 1. The first-order valence-corrected chi connectivity index (χ1v) is 10.9. The number of aromatic nitrogens is 1. The number of oxazole rings is 1. The molecule has 9 nitrogen and oxygen atoms in total. The van der Waals surface area contributed by atoms with Gasteiger partial charge in [-0.1, -0.05) is 29.8 Å². The number of halogens is 1. The van der Waals surface area contributed by atoms with Gasteiger partial charge in [0.05, 0.1) is 11.5 Å². The Hall–Kier alpha value is -3.27. The van der Waals surface area contributed by atoms with Crippen molar-refractivity contribution >= 4 is 28.9 Å². The van der Waals surface area contributed by atoms with Gasteiger partial charge < -0.3 is 9.73 Å². The van der Waals surface area contributed by atoms with Gasteiger partial charge >= 0.3 is 0 Å². The predicted molar refractivity (Wildman–Crippen MR) is 124 cm³/mol. The molecule has 0 aliphatic carbocycles. The number of rotatable bonds is 7. The molecule has 2 aromatic carbocycles. The molecule has 4 rings (SSSR count). The molecule has 0 atom stereocenters. The Morgan fingerprint density at radius 3 is 2.42 bits per heavy atom. The van der Waals surface area contributed by atoms with Crippen molar-refractivity contribution in [3.8, 4) is 0 Å². The molecule has 0 radical (unpaired) electrons. The summed E-state index contributed by atoms with van der Waals surface area (Å²) in [5.41, 5.74) is 2.91. The van der Waals surface area contributed by atoms with Gasteiger partial charge in [-0.05, 0) is 30.2 Å². The van der Waals surface area contributed by atoms with Gasteiger partial charge in [-0.3, -0.25) is 24.7 Å². The van der Waals surface area contributed by atoms with Gasteiger partial charge in [-0.25, -0.2) is 4.98 Å². The summed E-state index contributed by atoms with van der Waals surface area (Å²) in [7, 11) is 0. The zero-order valence-corrected chi connectivity index (χ0v) is 18.9. The fourth-order valence-corrected chi connectivity index (χ4v) is 3.81. The number of nitrogens with zero attached hydrogens (tertiary/aromatic N) is 4. The predicted octanol–water partition coefficient (Wildman–Crippen LogP) is 4.11. The Morgan fingerprint density at radius 2 is 1.79 bits per heavy atom. The third kappa shape index (κ3) is 5.95. The van der Waals surface area contributed by atoms with Crippen LogP contribution in [-0.4, -0.2) is 51.8 Å². The summed E-state index contributed by atoms with van der Waals surface area (Å²) < 4.78 is 5.51. The lowest BCUT2D eigenvalue weighted by molar-refractivity contribution is -0.384. The van der Waals surface area contributed by atoms with Crippen LogP contribution in [0, 0.1) is 17.0 Å². The van der Waals surface area contributed by atoms with Crippen LogP contribution in [0.2, 0.25) is 5.02 Å². The molecule has 1 saturated heterocycles. The minimum atomic E-state index is -0.390. The van der Waals surface area contributed by atoms with Crippen LogP contribution in [0.5, 0.6) is 0 Å². The molecular weight excluding hydrogens is 446 g/mol. The lowest BCUT2D eigenvalue weighted by Gasteiger charge is -2.34. The fraction of sp³-hybridized carbons (Fsp3) is 0.304.